The number of aryl methyl sites for hydroxylation is 1. The smallest absolute Gasteiger partial charge is 0.282 e. The van der Waals surface area contributed by atoms with Crippen LogP contribution in [0, 0.1) is 6.92 Å². The Hall–Kier alpha value is -1.65. The highest BCUT2D eigenvalue weighted by atomic mass is 32.2. The Balaban J connectivity index is 2.47. The molecule has 4 heteroatoms. The van der Waals surface area contributed by atoms with E-state index in [1.165, 1.54) is 12.1 Å². The van der Waals surface area contributed by atoms with Crippen LogP contribution in [-0.4, -0.2) is 13.0 Å². The van der Waals surface area contributed by atoms with Gasteiger partial charge in [-0.3, -0.25) is 4.55 Å². The molecule has 0 amide bonds. The molecule has 0 bridgehead atoms. The molecule has 88 valence electrons. The lowest BCUT2D eigenvalue weighted by molar-refractivity contribution is 0.483. The highest BCUT2D eigenvalue weighted by Crippen LogP contribution is 2.24. The molecular weight excluding hydrogens is 236 g/mol. The van der Waals surface area contributed by atoms with Gasteiger partial charge < -0.3 is 0 Å². The van der Waals surface area contributed by atoms with E-state index in [1.807, 2.05) is 31.2 Å². The molecule has 0 spiro atoms. The SMILES string of the molecule is Cc1ccccc1-c1ccc(S(=O)(=O)O)cc1. The van der Waals surface area contributed by atoms with E-state index in [0.717, 1.165) is 16.7 Å². The van der Waals surface area contributed by atoms with Crippen LogP contribution in [0.5, 0.6) is 0 Å². The van der Waals surface area contributed by atoms with Crippen molar-refractivity contribution in [2.75, 3.05) is 0 Å². The minimum Gasteiger partial charge on any atom is -0.282 e. The van der Waals surface area contributed by atoms with Crippen molar-refractivity contribution in [2.24, 2.45) is 0 Å². The summed E-state index contributed by atoms with van der Waals surface area (Å²) in [6.45, 7) is 1.99. The zero-order valence-electron chi connectivity index (χ0n) is 9.29. The summed E-state index contributed by atoms with van der Waals surface area (Å²) in [5.41, 5.74) is 3.09. The Kier molecular flexibility index (Phi) is 3.00. The maximum absolute atomic E-state index is 10.9. The van der Waals surface area contributed by atoms with Crippen molar-refractivity contribution in [3.8, 4) is 11.1 Å². The van der Waals surface area contributed by atoms with E-state index in [-0.39, 0.29) is 4.90 Å². The van der Waals surface area contributed by atoms with Gasteiger partial charge in [0, 0.05) is 0 Å². The van der Waals surface area contributed by atoms with Gasteiger partial charge in [-0.15, -0.1) is 0 Å². The molecule has 0 fully saturated rings. The summed E-state index contributed by atoms with van der Waals surface area (Å²) in [6.07, 6.45) is 0. The minimum absolute atomic E-state index is 0.0881. The highest BCUT2D eigenvalue weighted by Gasteiger charge is 2.09. The Morgan fingerprint density at radius 1 is 0.941 bits per heavy atom. The van der Waals surface area contributed by atoms with E-state index >= 15 is 0 Å². The first-order chi connectivity index (χ1) is 7.98. The van der Waals surface area contributed by atoms with Gasteiger partial charge in [-0.25, -0.2) is 0 Å². The van der Waals surface area contributed by atoms with Crippen LogP contribution >= 0.6 is 0 Å². The van der Waals surface area contributed by atoms with E-state index in [1.54, 1.807) is 12.1 Å². The molecule has 0 aliphatic carbocycles. The highest BCUT2D eigenvalue weighted by molar-refractivity contribution is 7.85. The summed E-state index contributed by atoms with van der Waals surface area (Å²) >= 11 is 0. The van der Waals surface area contributed by atoms with Crippen molar-refractivity contribution in [2.45, 2.75) is 11.8 Å². The predicted molar refractivity (Wildman–Crippen MR) is 66.4 cm³/mol. The zero-order valence-corrected chi connectivity index (χ0v) is 10.1. The standard InChI is InChI=1S/C13H12O3S/c1-10-4-2-3-5-13(10)11-6-8-12(9-7-11)17(14,15)16/h2-9H,1H3,(H,14,15,16). The summed E-state index contributed by atoms with van der Waals surface area (Å²) in [6, 6.07) is 14.0. The Labute approximate surface area is 100 Å². The van der Waals surface area contributed by atoms with Crippen LogP contribution in [0.15, 0.2) is 53.4 Å². The van der Waals surface area contributed by atoms with Gasteiger partial charge in [-0.2, -0.15) is 8.42 Å². The molecule has 0 aromatic heterocycles. The Morgan fingerprint density at radius 3 is 2.06 bits per heavy atom. The zero-order chi connectivity index (χ0) is 12.5. The summed E-state index contributed by atoms with van der Waals surface area (Å²) < 4.78 is 30.7. The molecule has 0 heterocycles. The molecule has 2 aromatic carbocycles. The third-order valence-corrected chi connectivity index (χ3v) is 3.48. The summed E-state index contributed by atoms with van der Waals surface area (Å²) in [7, 11) is -4.11. The topological polar surface area (TPSA) is 54.4 Å². The lowest BCUT2D eigenvalue weighted by atomic mass is 10.0. The number of hydrogen-bond acceptors (Lipinski definition) is 2. The maximum atomic E-state index is 10.9. The second-order valence-corrected chi connectivity index (χ2v) is 5.24. The first kappa shape index (κ1) is 11.8. The first-order valence-corrected chi connectivity index (χ1v) is 6.56. The Morgan fingerprint density at radius 2 is 1.53 bits per heavy atom. The summed E-state index contributed by atoms with van der Waals surface area (Å²) in [5, 5.41) is 0. The van der Waals surface area contributed by atoms with Gasteiger partial charge in [0.1, 0.15) is 0 Å². The van der Waals surface area contributed by atoms with E-state index in [4.69, 9.17) is 4.55 Å². The van der Waals surface area contributed by atoms with E-state index in [2.05, 4.69) is 0 Å². The number of benzene rings is 2. The second-order valence-electron chi connectivity index (χ2n) is 3.81. The van der Waals surface area contributed by atoms with Gasteiger partial charge >= 0.3 is 0 Å². The van der Waals surface area contributed by atoms with Crippen molar-refractivity contribution in [1.82, 2.24) is 0 Å². The number of rotatable bonds is 2. The van der Waals surface area contributed by atoms with E-state index in [0.29, 0.717) is 0 Å². The molecule has 0 saturated carbocycles. The van der Waals surface area contributed by atoms with Gasteiger partial charge in [-0.1, -0.05) is 36.4 Å². The molecule has 0 aliphatic rings. The van der Waals surface area contributed by atoms with Crippen LogP contribution in [0.1, 0.15) is 5.56 Å². The fraction of sp³-hybridized carbons (Fsp3) is 0.0769. The van der Waals surface area contributed by atoms with Crippen molar-refractivity contribution < 1.29 is 13.0 Å². The van der Waals surface area contributed by atoms with Crippen LogP contribution in [0.3, 0.4) is 0 Å². The predicted octanol–water partition coefficient (Wildman–Crippen LogP) is 2.91. The fourth-order valence-electron chi connectivity index (χ4n) is 1.70. The largest absolute Gasteiger partial charge is 0.294 e. The summed E-state index contributed by atoms with van der Waals surface area (Å²) in [5.74, 6) is 0. The van der Waals surface area contributed by atoms with Gasteiger partial charge in [0.15, 0.2) is 0 Å². The molecule has 0 atom stereocenters. The molecule has 17 heavy (non-hydrogen) atoms. The van der Waals surface area contributed by atoms with E-state index in [9.17, 15) is 8.42 Å². The van der Waals surface area contributed by atoms with Crippen molar-refractivity contribution >= 4 is 10.1 Å². The molecule has 2 aromatic rings. The van der Waals surface area contributed by atoms with Crippen LogP contribution in [-0.2, 0) is 10.1 Å². The van der Waals surface area contributed by atoms with Crippen molar-refractivity contribution in [1.29, 1.82) is 0 Å². The quantitative estimate of drug-likeness (QED) is 0.831. The van der Waals surface area contributed by atoms with Crippen LogP contribution in [0.4, 0.5) is 0 Å². The number of hydrogen-bond donors (Lipinski definition) is 1. The fourth-order valence-corrected chi connectivity index (χ4v) is 2.18. The van der Waals surface area contributed by atoms with Gasteiger partial charge in [0.05, 0.1) is 4.90 Å². The third kappa shape index (κ3) is 2.54. The molecular formula is C13H12O3S. The molecule has 3 nitrogen and oxygen atoms in total. The average molecular weight is 248 g/mol. The second kappa shape index (κ2) is 4.31. The molecule has 0 unspecified atom stereocenters. The third-order valence-electron chi connectivity index (χ3n) is 2.61. The molecule has 0 saturated heterocycles. The minimum atomic E-state index is -4.11. The van der Waals surface area contributed by atoms with Gasteiger partial charge in [0.25, 0.3) is 10.1 Å². The lowest BCUT2D eigenvalue weighted by Crippen LogP contribution is -1.97. The molecule has 2 rings (SSSR count). The summed E-state index contributed by atoms with van der Waals surface area (Å²) in [4.78, 5) is -0.0881. The Bertz CT molecular complexity index is 628. The van der Waals surface area contributed by atoms with Crippen LogP contribution in [0.25, 0.3) is 11.1 Å². The van der Waals surface area contributed by atoms with Gasteiger partial charge in [0.2, 0.25) is 0 Å². The van der Waals surface area contributed by atoms with Crippen molar-refractivity contribution in [3.63, 3.8) is 0 Å². The maximum Gasteiger partial charge on any atom is 0.294 e. The lowest BCUT2D eigenvalue weighted by Gasteiger charge is -2.06. The normalized spacial score (nSPS) is 11.4. The van der Waals surface area contributed by atoms with E-state index < -0.39 is 10.1 Å². The van der Waals surface area contributed by atoms with Crippen molar-refractivity contribution in [3.05, 3.63) is 54.1 Å². The first-order valence-electron chi connectivity index (χ1n) is 5.12. The monoisotopic (exact) mass is 248 g/mol. The van der Waals surface area contributed by atoms with Crippen LogP contribution < -0.4 is 0 Å². The molecule has 0 radical (unpaired) electrons. The molecule has 0 aliphatic heterocycles. The van der Waals surface area contributed by atoms with Crippen LogP contribution in [0.2, 0.25) is 0 Å². The molecule has 1 N–H and O–H groups in total. The van der Waals surface area contributed by atoms with Gasteiger partial charge in [-0.05, 0) is 35.7 Å². The average Bonchev–Trinajstić information content (AvgIpc) is 2.29.